The molecule has 0 atom stereocenters. The van der Waals surface area contributed by atoms with Gasteiger partial charge in [-0.25, -0.2) is 4.79 Å². The van der Waals surface area contributed by atoms with E-state index in [2.05, 4.69) is 33.5 Å². The van der Waals surface area contributed by atoms with Crippen LogP contribution >= 0.6 is 0 Å². The fraction of sp³-hybridized carbons (Fsp3) is 0.167. The number of para-hydroxylation sites is 1. The summed E-state index contributed by atoms with van der Waals surface area (Å²) in [4.78, 5) is 11.9. The van der Waals surface area contributed by atoms with Gasteiger partial charge in [0.05, 0.1) is 0 Å². The van der Waals surface area contributed by atoms with Crippen LogP contribution in [-0.2, 0) is 20.1 Å². The van der Waals surface area contributed by atoms with Crippen LogP contribution in [0.2, 0.25) is 0 Å². The molecule has 22 heavy (non-hydrogen) atoms. The van der Waals surface area contributed by atoms with Gasteiger partial charge >= 0.3 is 6.03 Å². The van der Waals surface area contributed by atoms with Gasteiger partial charge in [-0.1, -0.05) is 48.5 Å². The quantitative estimate of drug-likeness (QED) is 0.762. The maximum atomic E-state index is 11.9. The van der Waals surface area contributed by atoms with Crippen molar-refractivity contribution in [2.75, 3.05) is 0 Å². The van der Waals surface area contributed by atoms with E-state index in [-0.39, 0.29) is 6.03 Å². The van der Waals surface area contributed by atoms with Gasteiger partial charge < -0.3 is 15.2 Å². The number of urea groups is 1. The number of aromatic nitrogens is 1. The van der Waals surface area contributed by atoms with E-state index in [1.54, 1.807) is 0 Å². The van der Waals surface area contributed by atoms with Gasteiger partial charge in [-0.05, 0) is 17.2 Å². The minimum absolute atomic E-state index is 0.156. The molecule has 2 aromatic carbocycles. The van der Waals surface area contributed by atoms with Crippen molar-refractivity contribution < 1.29 is 4.79 Å². The first-order valence-electron chi connectivity index (χ1n) is 7.32. The maximum Gasteiger partial charge on any atom is 0.315 e. The van der Waals surface area contributed by atoms with Gasteiger partial charge in [-0.2, -0.15) is 0 Å². The molecule has 0 aliphatic carbocycles. The first-order valence-corrected chi connectivity index (χ1v) is 7.32. The number of hydrogen-bond donors (Lipinski definition) is 2. The summed E-state index contributed by atoms with van der Waals surface area (Å²) >= 11 is 0. The Bertz CT molecular complexity index is 777. The topological polar surface area (TPSA) is 46.1 Å². The van der Waals surface area contributed by atoms with Crippen molar-refractivity contribution >= 4 is 16.9 Å². The lowest BCUT2D eigenvalue weighted by atomic mass is 10.2. The Morgan fingerprint density at radius 1 is 0.955 bits per heavy atom. The van der Waals surface area contributed by atoms with E-state index in [1.165, 1.54) is 10.9 Å². The van der Waals surface area contributed by atoms with Gasteiger partial charge in [0.1, 0.15) is 0 Å². The lowest BCUT2D eigenvalue weighted by molar-refractivity contribution is 0.240. The van der Waals surface area contributed by atoms with E-state index >= 15 is 0 Å². The molecule has 0 aliphatic rings. The number of fused-ring (bicyclic) bond motifs is 1. The number of aryl methyl sites for hydroxylation is 1. The third kappa shape index (κ3) is 3.11. The summed E-state index contributed by atoms with van der Waals surface area (Å²) in [5.74, 6) is 0. The Labute approximate surface area is 129 Å². The molecule has 0 unspecified atom stereocenters. The second kappa shape index (κ2) is 6.35. The average Bonchev–Trinajstić information content (AvgIpc) is 2.89. The summed E-state index contributed by atoms with van der Waals surface area (Å²) in [6.07, 6.45) is 2.06. The van der Waals surface area contributed by atoms with Crippen molar-refractivity contribution in [1.29, 1.82) is 0 Å². The Kier molecular flexibility index (Phi) is 4.10. The highest BCUT2D eigenvalue weighted by molar-refractivity contribution is 5.84. The second-order valence-electron chi connectivity index (χ2n) is 5.30. The first-order chi connectivity index (χ1) is 10.7. The van der Waals surface area contributed by atoms with Crippen LogP contribution < -0.4 is 10.6 Å². The van der Waals surface area contributed by atoms with Crippen LogP contribution in [0.25, 0.3) is 10.9 Å². The largest absolute Gasteiger partial charge is 0.350 e. The van der Waals surface area contributed by atoms with Crippen LogP contribution in [0.1, 0.15) is 11.1 Å². The fourth-order valence-electron chi connectivity index (χ4n) is 2.58. The van der Waals surface area contributed by atoms with Crippen molar-refractivity contribution in [1.82, 2.24) is 15.2 Å². The van der Waals surface area contributed by atoms with E-state index in [9.17, 15) is 4.79 Å². The zero-order valence-corrected chi connectivity index (χ0v) is 12.5. The van der Waals surface area contributed by atoms with Crippen LogP contribution in [0.5, 0.6) is 0 Å². The molecular formula is C18H19N3O. The Hall–Kier alpha value is -2.75. The summed E-state index contributed by atoms with van der Waals surface area (Å²) in [6, 6.07) is 17.9. The molecule has 4 nitrogen and oxygen atoms in total. The fourth-order valence-corrected chi connectivity index (χ4v) is 2.58. The molecular weight excluding hydrogens is 274 g/mol. The summed E-state index contributed by atoms with van der Waals surface area (Å²) in [7, 11) is 2.02. The molecule has 2 N–H and O–H groups in total. The third-order valence-electron chi connectivity index (χ3n) is 3.71. The highest BCUT2D eigenvalue weighted by Crippen LogP contribution is 2.19. The zero-order valence-electron chi connectivity index (χ0n) is 12.5. The third-order valence-corrected chi connectivity index (χ3v) is 3.71. The van der Waals surface area contributed by atoms with Gasteiger partial charge in [-0.3, -0.25) is 0 Å². The summed E-state index contributed by atoms with van der Waals surface area (Å²) in [6.45, 7) is 1.05. The lowest BCUT2D eigenvalue weighted by Crippen LogP contribution is -2.34. The van der Waals surface area contributed by atoms with Gasteiger partial charge in [-0.15, -0.1) is 0 Å². The zero-order chi connectivity index (χ0) is 15.4. The highest BCUT2D eigenvalue weighted by Gasteiger charge is 2.07. The monoisotopic (exact) mass is 293 g/mol. The molecule has 0 spiro atoms. The lowest BCUT2D eigenvalue weighted by Gasteiger charge is -2.07. The molecule has 0 bridgehead atoms. The maximum absolute atomic E-state index is 11.9. The smallest absolute Gasteiger partial charge is 0.315 e. The van der Waals surface area contributed by atoms with E-state index in [0.29, 0.717) is 13.1 Å². The first kappa shape index (κ1) is 14.2. The molecule has 4 heteroatoms. The number of amides is 2. The van der Waals surface area contributed by atoms with Crippen molar-refractivity contribution in [2.24, 2.45) is 7.05 Å². The van der Waals surface area contributed by atoms with Gasteiger partial charge in [0, 0.05) is 37.2 Å². The van der Waals surface area contributed by atoms with Crippen LogP contribution in [0, 0.1) is 0 Å². The number of nitrogens with zero attached hydrogens (tertiary/aromatic N) is 1. The van der Waals surface area contributed by atoms with E-state index in [4.69, 9.17) is 0 Å². The molecule has 3 aromatic rings. The molecule has 0 saturated carbocycles. The van der Waals surface area contributed by atoms with Crippen molar-refractivity contribution in [3.8, 4) is 0 Å². The number of benzene rings is 2. The summed E-state index contributed by atoms with van der Waals surface area (Å²) in [5, 5.41) is 6.95. The molecule has 1 heterocycles. The predicted molar refractivity (Wildman–Crippen MR) is 88.4 cm³/mol. The average molecular weight is 293 g/mol. The van der Waals surface area contributed by atoms with Crippen LogP contribution in [0.4, 0.5) is 4.79 Å². The minimum Gasteiger partial charge on any atom is -0.350 e. The Morgan fingerprint density at radius 3 is 2.45 bits per heavy atom. The van der Waals surface area contributed by atoms with E-state index < -0.39 is 0 Å². The number of nitrogens with one attached hydrogen (secondary N) is 2. The molecule has 0 aliphatic heterocycles. The molecule has 0 fully saturated rings. The van der Waals surface area contributed by atoms with Crippen LogP contribution in [-0.4, -0.2) is 10.6 Å². The summed E-state index contributed by atoms with van der Waals surface area (Å²) in [5.41, 5.74) is 3.37. The Balaban J connectivity index is 1.58. The van der Waals surface area contributed by atoms with Crippen molar-refractivity contribution in [3.05, 3.63) is 71.9 Å². The predicted octanol–water partition coefficient (Wildman–Crippen LogP) is 3.18. The molecule has 2 amide bonds. The normalized spacial score (nSPS) is 10.6. The van der Waals surface area contributed by atoms with Crippen molar-refractivity contribution in [3.63, 3.8) is 0 Å². The Morgan fingerprint density at radius 2 is 1.64 bits per heavy atom. The van der Waals surface area contributed by atoms with Gasteiger partial charge in [0.2, 0.25) is 0 Å². The van der Waals surface area contributed by atoms with E-state index in [1.807, 2.05) is 49.5 Å². The van der Waals surface area contributed by atoms with Crippen molar-refractivity contribution in [2.45, 2.75) is 13.1 Å². The molecule has 0 saturated heterocycles. The molecule has 1 aromatic heterocycles. The number of carbonyl (C=O) groups is 1. The second-order valence-corrected chi connectivity index (χ2v) is 5.30. The molecule has 3 rings (SSSR count). The van der Waals surface area contributed by atoms with E-state index in [0.717, 1.165) is 11.1 Å². The van der Waals surface area contributed by atoms with Crippen LogP contribution in [0.15, 0.2) is 60.8 Å². The number of carbonyl (C=O) groups excluding carboxylic acids is 1. The van der Waals surface area contributed by atoms with Gasteiger partial charge in [0.15, 0.2) is 0 Å². The number of hydrogen-bond acceptors (Lipinski definition) is 1. The molecule has 0 radical (unpaired) electrons. The van der Waals surface area contributed by atoms with Gasteiger partial charge in [0.25, 0.3) is 0 Å². The summed E-state index contributed by atoms with van der Waals surface area (Å²) < 4.78 is 2.08. The van der Waals surface area contributed by atoms with Crippen LogP contribution in [0.3, 0.4) is 0 Å². The minimum atomic E-state index is -0.156. The molecule has 112 valence electrons. The SMILES string of the molecule is Cn1cc(CNC(=O)NCc2ccccc2)c2ccccc21. The highest BCUT2D eigenvalue weighted by atomic mass is 16.2. The standard InChI is InChI=1S/C18H19N3O/c1-21-13-15(16-9-5-6-10-17(16)21)12-20-18(22)19-11-14-7-3-2-4-8-14/h2-10,13H,11-12H2,1H3,(H2,19,20,22). The number of rotatable bonds is 4.